The van der Waals surface area contributed by atoms with E-state index in [1.807, 2.05) is 0 Å². The molecule has 0 aromatic rings. The van der Waals surface area contributed by atoms with E-state index < -0.39 is 0 Å². The Kier molecular flexibility index (Phi) is 4.28. The van der Waals surface area contributed by atoms with Crippen LogP contribution in [0.5, 0.6) is 0 Å². The number of methoxy groups -OCH3 is 1. The van der Waals surface area contributed by atoms with Gasteiger partial charge in [-0.1, -0.05) is 6.92 Å². The summed E-state index contributed by atoms with van der Waals surface area (Å²) in [6.45, 7) is 4.64. The van der Waals surface area contributed by atoms with Crippen molar-refractivity contribution < 1.29 is 9.53 Å². The molecule has 4 heteroatoms. The van der Waals surface area contributed by atoms with Crippen LogP contribution in [-0.2, 0) is 9.53 Å². The summed E-state index contributed by atoms with van der Waals surface area (Å²) >= 11 is 0. The fraction of sp³-hybridized carbons (Fsp3) is 0.929. The highest BCUT2D eigenvalue weighted by atomic mass is 16.5. The van der Waals surface area contributed by atoms with Crippen molar-refractivity contribution in [1.82, 2.24) is 10.6 Å². The van der Waals surface area contributed by atoms with Crippen LogP contribution in [0, 0.1) is 5.41 Å². The summed E-state index contributed by atoms with van der Waals surface area (Å²) < 4.78 is 5.55. The van der Waals surface area contributed by atoms with Gasteiger partial charge in [0.15, 0.2) is 0 Å². The van der Waals surface area contributed by atoms with Crippen LogP contribution in [0.4, 0.5) is 0 Å². The van der Waals surface area contributed by atoms with E-state index in [1.54, 1.807) is 7.11 Å². The van der Waals surface area contributed by atoms with Crippen molar-refractivity contribution >= 4 is 5.91 Å². The third-order valence-corrected chi connectivity index (χ3v) is 4.90. The van der Waals surface area contributed by atoms with E-state index in [4.69, 9.17) is 4.74 Å². The van der Waals surface area contributed by atoms with Crippen LogP contribution in [0.2, 0.25) is 0 Å². The van der Waals surface area contributed by atoms with E-state index in [9.17, 15) is 4.79 Å². The highest BCUT2D eigenvalue weighted by Gasteiger charge is 2.41. The molecule has 0 aromatic heterocycles. The summed E-state index contributed by atoms with van der Waals surface area (Å²) in [5, 5.41) is 6.49. The number of rotatable bonds is 5. The van der Waals surface area contributed by atoms with Crippen molar-refractivity contribution in [2.75, 3.05) is 26.7 Å². The molecule has 1 unspecified atom stereocenters. The van der Waals surface area contributed by atoms with Gasteiger partial charge in [-0.25, -0.2) is 0 Å². The SMILES string of the molecule is CCC1(C(=O)NCC2(OC)CCC2)CCCNC1. The Hall–Kier alpha value is -0.610. The van der Waals surface area contributed by atoms with Gasteiger partial charge in [0.2, 0.25) is 5.91 Å². The van der Waals surface area contributed by atoms with Crippen molar-refractivity contribution in [2.24, 2.45) is 5.41 Å². The summed E-state index contributed by atoms with van der Waals surface area (Å²) in [5.74, 6) is 0.209. The van der Waals surface area contributed by atoms with E-state index in [2.05, 4.69) is 17.6 Å². The quantitative estimate of drug-likeness (QED) is 0.781. The Bertz CT molecular complexity index is 289. The van der Waals surface area contributed by atoms with Gasteiger partial charge >= 0.3 is 0 Å². The second-order valence-corrected chi connectivity index (χ2v) is 5.84. The molecule has 2 rings (SSSR count). The second-order valence-electron chi connectivity index (χ2n) is 5.84. The molecule has 1 atom stereocenters. The fourth-order valence-corrected chi connectivity index (χ4v) is 3.08. The molecular weight excluding hydrogens is 228 g/mol. The molecule has 18 heavy (non-hydrogen) atoms. The zero-order chi connectivity index (χ0) is 13.1. The summed E-state index contributed by atoms with van der Waals surface area (Å²) in [6.07, 6.45) is 6.36. The maximum absolute atomic E-state index is 12.4. The van der Waals surface area contributed by atoms with Gasteiger partial charge in [-0.2, -0.15) is 0 Å². The summed E-state index contributed by atoms with van der Waals surface area (Å²) in [6, 6.07) is 0. The maximum atomic E-state index is 12.4. The van der Waals surface area contributed by atoms with E-state index >= 15 is 0 Å². The van der Waals surface area contributed by atoms with Gasteiger partial charge in [0.05, 0.1) is 11.0 Å². The van der Waals surface area contributed by atoms with Crippen molar-refractivity contribution in [3.8, 4) is 0 Å². The Labute approximate surface area is 110 Å². The predicted molar refractivity (Wildman–Crippen MR) is 71.4 cm³/mol. The first-order valence-corrected chi connectivity index (χ1v) is 7.21. The molecule has 2 N–H and O–H groups in total. The minimum Gasteiger partial charge on any atom is -0.376 e. The molecule has 1 saturated heterocycles. The van der Waals surface area contributed by atoms with Gasteiger partial charge < -0.3 is 15.4 Å². The number of carbonyl (C=O) groups excluding carboxylic acids is 1. The number of nitrogens with one attached hydrogen (secondary N) is 2. The van der Waals surface area contributed by atoms with Crippen molar-refractivity contribution in [3.05, 3.63) is 0 Å². The highest BCUT2D eigenvalue weighted by Crippen LogP contribution is 2.35. The molecule has 1 heterocycles. The monoisotopic (exact) mass is 254 g/mol. The van der Waals surface area contributed by atoms with Crippen LogP contribution in [-0.4, -0.2) is 38.3 Å². The Morgan fingerprint density at radius 2 is 2.11 bits per heavy atom. The zero-order valence-corrected chi connectivity index (χ0v) is 11.7. The van der Waals surface area contributed by atoms with E-state index in [1.165, 1.54) is 6.42 Å². The van der Waals surface area contributed by atoms with E-state index in [0.717, 1.165) is 45.2 Å². The molecule has 2 fully saturated rings. The summed E-state index contributed by atoms with van der Waals surface area (Å²) in [5.41, 5.74) is -0.274. The number of ether oxygens (including phenoxy) is 1. The number of amides is 1. The van der Waals surface area contributed by atoms with Crippen LogP contribution in [0.25, 0.3) is 0 Å². The Morgan fingerprint density at radius 3 is 2.56 bits per heavy atom. The van der Waals surface area contributed by atoms with Crippen molar-refractivity contribution in [3.63, 3.8) is 0 Å². The van der Waals surface area contributed by atoms with Crippen LogP contribution >= 0.6 is 0 Å². The molecule has 4 nitrogen and oxygen atoms in total. The summed E-state index contributed by atoms with van der Waals surface area (Å²) in [7, 11) is 1.75. The molecule has 104 valence electrons. The number of piperidine rings is 1. The number of hydrogen-bond donors (Lipinski definition) is 2. The number of carbonyl (C=O) groups is 1. The molecule has 0 aromatic carbocycles. The molecule has 0 radical (unpaired) electrons. The largest absolute Gasteiger partial charge is 0.376 e. The number of hydrogen-bond acceptors (Lipinski definition) is 3. The van der Waals surface area contributed by atoms with Gasteiger partial charge in [-0.3, -0.25) is 4.79 Å². The average molecular weight is 254 g/mol. The Morgan fingerprint density at radius 1 is 1.33 bits per heavy atom. The molecule has 1 aliphatic carbocycles. The molecule has 0 bridgehead atoms. The van der Waals surface area contributed by atoms with Crippen LogP contribution < -0.4 is 10.6 Å². The minimum atomic E-state index is -0.197. The zero-order valence-electron chi connectivity index (χ0n) is 11.7. The molecule has 1 aliphatic heterocycles. The first kappa shape index (κ1) is 13.8. The normalized spacial score (nSPS) is 30.6. The van der Waals surface area contributed by atoms with E-state index in [0.29, 0.717) is 6.54 Å². The smallest absolute Gasteiger partial charge is 0.227 e. The van der Waals surface area contributed by atoms with Gasteiger partial charge in [-0.15, -0.1) is 0 Å². The van der Waals surface area contributed by atoms with Crippen LogP contribution in [0.3, 0.4) is 0 Å². The third-order valence-electron chi connectivity index (χ3n) is 4.90. The lowest BCUT2D eigenvalue weighted by molar-refractivity contribution is -0.135. The topological polar surface area (TPSA) is 50.4 Å². The molecule has 1 saturated carbocycles. The highest BCUT2D eigenvalue weighted by molar-refractivity contribution is 5.83. The minimum absolute atomic E-state index is 0.0767. The average Bonchev–Trinajstić information content (AvgIpc) is 2.38. The Balaban J connectivity index is 1.89. The van der Waals surface area contributed by atoms with Crippen molar-refractivity contribution in [2.45, 2.75) is 51.0 Å². The first-order valence-electron chi connectivity index (χ1n) is 7.21. The van der Waals surface area contributed by atoms with Gasteiger partial charge in [0.25, 0.3) is 0 Å². The second kappa shape index (κ2) is 5.57. The molecule has 0 spiro atoms. The van der Waals surface area contributed by atoms with Gasteiger partial charge in [0, 0.05) is 20.2 Å². The lowest BCUT2D eigenvalue weighted by atomic mass is 9.76. The lowest BCUT2D eigenvalue weighted by Gasteiger charge is -2.42. The first-order chi connectivity index (χ1) is 8.66. The fourth-order valence-electron chi connectivity index (χ4n) is 3.08. The third kappa shape index (κ3) is 2.54. The van der Waals surface area contributed by atoms with Gasteiger partial charge in [-0.05, 0) is 45.1 Å². The lowest BCUT2D eigenvalue weighted by Crippen LogP contribution is -2.55. The van der Waals surface area contributed by atoms with Crippen molar-refractivity contribution in [1.29, 1.82) is 0 Å². The molecular formula is C14H26N2O2. The van der Waals surface area contributed by atoms with Gasteiger partial charge in [0.1, 0.15) is 0 Å². The predicted octanol–water partition coefficient (Wildman–Crippen LogP) is 1.45. The molecule has 2 aliphatic rings. The van der Waals surface area contributed by atoms with E-state index in [-0.39, 0.29) is 16.9 Å². The molecule has 1 amide bonds. The summed E-state index contributed by atoms with van der Waals surface area (Å²) in [4.78, 5) is 12.4. The standard InChI is InChI=1S/C14H26N2O2/c1-3-13(6-5-9-15-10-13)12(17)16-11-14(18-2)7-4-8-14/h15H,3-11H2,1-2H3,(H,16,17). The van der Waals surface area contributed by atoms with Crippen LogP contribution in [0.1, 0.15) is 45.4 Å². The van der Waals surface area contributed by atoms with Crippen LogP contribution in [0.15, 0.2) is 0 Å². The maximum Gasteiger partial charge on any atom is 0.227 e.